The zero-order valence-electron chi connectivity index (χ0n) is 16.5. The number of nitrogens with zero attached hydrogens (tertiary/aromatic N) is 4. The summed E-state index contributed by atoms with van der Waals surface area (Å²) in [7, 11) is 0. The van der Waals surface area contributed by atoms with E-state index in [1.54, 1.807) is 21.6 Å². The van der Waals surface area contributed by atoms with Gasteiger partial charge in [-0.05, 0) is 37.8 Å². The molecule has 2 aliphatic heterocycles. The molecule has 1 saturated heterocycles. The molecular formula is C21H27N5O3. The molecule has 8 nitrogen and oxygen atoms in total. The molecule has 1 N–H and O–H groups in total. The van der Waals surface area contributed by atoms with Gasteiger partial charge in [0.15, 0.2) is 0 Å². The number of carbonyl (C=O) groups excluding carboxylic acids is 2. The SMILES string of the molecule is O=C(NC1CCN(C(=O)Cn2nc3n(c2=O)CCCCC3)CC1)c1ccccc1. The van der Waals surface area contributed by atoms with Gasteiger partial charge in [-0.1, -0.05) is 24.6 Å². The number of likely N-dealkylation sites (tertiary alicyclic amines) is 1. The lowest BCUT2D eigenvalue weighted by molar-refractivity contribution is -0.133. The van der Waals surface area contributed by atoms with Crippen LogP contribution in [0.1, 0.15) is 48.3 Å². The Morgan fingerprint density at radius 3 is 2.55 bits per heavy atom. The van der Waals surface area contributed by atoms with Crippen LogP contribution in [0.4, 0.5) is 0 Å². The summed E-state index contributed by atoms with van der Waals surface area (Å²) in [6.45, 7) is 1.82. The van der Waals surface area contributed by atoms with E-state index >= 15 is 0 Å². The van der Waals surface area contributed by atoms with E-state index in [2.05, 4.69) is 10.4 Å². The number of rotatable bonds is 4. The molecule has 3 heterocycles. The quantitative estimate of drug-likeness (QED) is 0.839. The summed E-state index contributed by atoms with van der Waals surface area (Å²) in [6.07, 6.45) is 5.33. The summed E-state index contributed by atoms with van der Waals surface area (Å²) in [5.74, 6) is 0.622. The van der Waals surface area contributed by atoms with Gasteiger partial charge in [-0.2, -0.15) is 5.10 Å². The van der Waals surface area contributed by atoms with Gasteiger partial charge in [-0.15, -0.1) is 0 Å². The smallest absolute Gasteiger partial charge is 0.346 e. The summed E-state index contributed by atoms with van der Waals surface area (Å²) in [4.78, 5) is 39.3. The Balaban J connectivity index is 1.31. The van der Waals surface area contributed by atoms with Crippen molar-refractivity contribution in [2.75, 3.05) is 13.1 Å². The third-order valence-electron chi connectivity index (χ3n) is 5.79. The molecule has 0 unspecified atom stereocenters. The second-order valence-electron chi connectivity index (χ2n) is 7.81. The van der Waals surface area contributed by atoms with E-state index in [4.69, 9.17) is 0 Å². The second kappa shape index (κ2) is 8.63. The maximum absolute atomic E-state index is 12.7. The fourth-order valence-corrected chi connectivity index (χ4v) is 4.09. The maximum atomic E-state index is 12.7. The van der Waals surface area contributed by atoms with Crippen molar-refractivity contribution in [2.24, 2.45) is 0 Å². The Kier molecular flexibility index (Phi) is 5.78. The first kappa shape index (κ1) is 19.4. The monoisotopic (exact) mass is 397 g/mol. The van der Waals surface area contributed by atoms with Gasteiger partial charge in [0.1, 0.15) is 12.4 Å². The average molecular weight is 397 g/mol. The van der Waals surface area contributed by atoms with Gasteiger partial charge in [0.05, 0.1) is 0 Å². The first-order valence-electron chi connectivity index (χ1n) is 10.4. The highest BCUT2D eigenvalue weighted by molar-refractivity contribution is 5.94. The fourth-order valence-electron chi connectivity index (χ4n) is 4.09. The highest BCUT2D eigenvalue weighted by Gasteiger charge is 2.25. The summed E-state index contributed by atoms with van der Waals surface area (Å²) >= 11 is 0. The van der Waals surface area contributed by atoms with Crippen LogP contribution in [-0.4, -0.2) is 50.2 Å². The van der Waals surface area contributed by atoms with E-state index in [0.29, 0.717) is 38.0 Å². The Bertz CT molecular complexity index is 926. The number of carbonyl (C=O) groups is 2. The highest BCUT2D eigenvalue weighted by atomic mass is 16.2. The van der Waals surface area contributed by atoms with Crippen molar-refractivity contribution in [1.82, 2.24) is 24.6 Å². The van der Waals surface area contributed by atoms with Crippen LogP contribution in [0.3, 0.4) is 0 Å². The lowest BCUT2D eigenvalue weighted by Crippen LogP contribution is -2.47. The van der Waals surface area contributed by atoms with Gasteiger partial charge in [-0.3, -0.25) is 14.2 Å². The maximum Gasteiger partial charge on any atom is 0.346 e. The molecule has 1 aromatic heterocycles. The number of amides is 2. The lowest BCUT2D eigenvalue weighted by Gasteiger charge is -2.32. The van der Waals surface area contributed by atoms with E-state index < -0.39 is 0 Å². The van der Waals surface area contributed by atoms with Crippen molar-refractivity contribution in [3.63, 3.8) is 0 Å². The van der Waals surface area contributed by atoms with Crippen molar-refractivity contribution in [1.29, 1.82) is 0 Å². The number of aryl methyl sites for hydroxylation is 1. The largest absolute Gasteiger partial charge is 0.349 e. The molecule has 0 saturated carbocycles. The minimum atomic E-state index is -0.180. The summed E-state index contributed by atoms with van der Waals surface area (Å²) < 4.78 is 3.03. The third kappa shape index (κ3) is 4.41. The molecule has 0 bridgehead atoms. The van der Waals surface area contributed by atoms with E-state index in [1.807, 2.05) is 18.2 Å². The van der Waals surface area contributed by atoms with Crippen LogP contribution in [0.5, 0.6) is 0 Å². The number of hydrogen-bond acceptors (Lipinski definition) is 4. The molecule has 8 heteroatoms. The highest BCUT2D eigenvalue weighted by Crippen LogP contribution is 2.13. The van der Waals surface area contributed by atoms with Gasteiger partial charge in [0, 0.05) is 37.7 Å². The summed E-state index contributed by atoms with van der Waals surface area (Å²) in [5.41, 5.74) is 0.463. The van der Waals surface area contributed by atoms with Crippen molar-refractivity contribution in [2.45, 2.75) is 57.7 Å². The van der Waals surface area contributed by atoms with Gasteiger partial charge in [-0.25, -0.2) is 9.48 Å². The molecule has 1 fully saturated rings. The van der Waals surface area contributed by atoms with Crippen molar-refractivity contribution >= 4 is 11.8 Å². The Morgan fingerprint density at radius 2 is 1.79 bits per heavy atom. The molecule has 4 rings (SSSR count). The van der Waals surface area contributed by atoms with Crippen molar-refractivity contribution in [3.8, 4) is 0 Å². The van der Waals surface area contributed by atoms with E-state index in [-0.39, 0.29) is 30.1 Å². The Labute approximate surface area is 169 Å². The zero-order chi connectivity index (χ0) is 20.2. The van der Waals surface area contributed by atoms with Crippen molar-refractivity contribution < 1.29 is 9.59 Å². The average Bonchev–Trinajstić information content (AvgIpc) is 2.90. The first-order valence-corrected chi connectivity index (χ1v) is 10.4. The minimum Gasteiger partial charge on any atom is -0.349 e. The van der Waals surface area contributed by atoms with E-state index in [1.165, 1.54) is 4.68 Å². The molecule has 0 aliphatic carbocycles. The van der Waals surface area contributed by atoms with Gasteiger partial charge < -0.3 is 10.2 Å². The molecule has 0 atom stereocenters. The normalized spacial score (nSPS) is 17.4. The zero-order valence-corrected chi connectivity index (χ0v) is 16.5. The number of fused-ring (bicyclic) bond motifs is 1. The minimum absolute atomic E-state index is 0.0140. The fraction of sp³-hybridized carbons (Fsp3) is 0.524. The molecule has 2 aliphatic rings. The van der Waals surface area contributed by atoms with Crippen LogP contribution in [0.2, 0.25) is 0 Å². The predicted octanol–water partition coefficient (Wildman–Crippen LogP) is 1.19. The number of benzene rings is 1. The van der Waals surface area contributed by atoms with Crippen molar-refractivity contribution in [3.05, 3.63) is 52.2 Å². The molecule has 29 heavy (non-hydrogen) atoms. The van der Waals surface area contributed by atoms with Gasteiger partial charge in [0.2, 0.25) is 5.91 Å². The molecule has 0 spiro atoms. The Hall–Kier alpha value is -2.90. The Morgan fingerprint density at radius 1 is 1.03 bits per heavy atom. The van der Waals surface area contributed by atoms with Crippen LogP contribution < -0.4 is 11.0 Å². The number of piperidine rings is 1. The van der Waals surface area contributed by atoms with Crippen LogP contribution in [0.15, 0.2) is 35.1 Å². The molecule has 1 aromatic carbocycles. The van der Waals surface area contributed by atoms with Crippen LogP contribution in [-0.2, 0) is 24.3 Å². The third-order valence-corrected chi connectivity index (χ3v) is 5.79. The van der Waals surface area contributed by atoms with E-state index in [0.717, 1.165) is 31.5 Å². The standard InChI is InChI=1S/C21H27N5O3/c27-19(15-26-21(29)25-12-6-2-5-9-18(25)23-26)24-13-10-17(11-14-24)22-20(28)16-7-3-1-4-8-16/h1,3-4,7-8,17H,2,5-6,9-15H2,(H,22,28). The van der Waals surface area contributed by atoms with Crippen LogP contribution >= 0.6 is 0 Å². The van der Waals surface area contributed by atoms with E-state index in [9.17, 15) is 14.4 Å². The van der Waals surface area contributed by atoms with Crippen LogP contribution in [0, 0.1) is 0 Å². The summed E-state index contributed by atoms with van der Waals surface area (Å²) in [6, 6.07) is 9.19. The topological polar surface area (TPSA) is 89.2 Å². The number of aromatic nitrogens is 3. The second-order valence-corrected chi connectivity index (χ2v) is 7.81. The van der Waals surface area contributed by atoms with Crippen LogP contribution in [0.25, 0.3) is 0 Å². The summed E-state index contributed by atoms with van der Waals surface area (Å²) in [5, 5.41) is 7.44. The number of nitrogens with one attached hydrogen (secondary N) is 1. The molecule has 2 amide bonds. The molecule has 0 radical (unpaired) electrons. The lowest BCUT2D eigenvalue weighted by atomic mass is 10.0. The first-order chi connectivity index (χ1) is 14.1. The number of hydrogen-bond donors (Lipinski definition) is 1. The molecule has 2 aromatic rings. The van der Waals surface area contributed by atoms with Gasteiger partial charge >= 0.3 is 5.69 Å². The molecule has 154 valence electrons. The molecular weight excluding hydrogens is 370 g/mol. The van der Waals surface area contributed by atoms with Gasteiger partial charge in [0.25, 0.3) is 5.91 Å². The predicted molar refractivity (Wildman–Crippen MR) is 108 cm³/mol.